The first-order valence-corrected chi connectivity index (χ1v) is 19.2. The second kappa shape index (κ2) is 9.85. The first kappa shape index (κ1) is 27.0. The average molecular weight is 573 g/mol. The highest BCUT2D eigenvalue weighted by molar-refractivity contribution is 6.88. The van der Waals surface area contributed by atoms with Crippen LogP contribution in [0.1, 0.15) is 57.8 Å². The van der Waals surface area contributed by atoms with Crippen molar-refractivity contribution in [1.29, 1.82) is 0 Å². The normalized spacial score (nSPS) is 35.4. The predicted octanol–water partition coefficient (Wildman–Crippen LogP) is 5.06. The summed E-state index contributed by atoms with van der Waals surface area (Å²) in [6.07, 6.45) is 10.6. The molecule has 6 bridgehead atoms. The highest BCUT2D eigenvalue weighted by Gasteiger charge is 2.58. The van der Waals surface area contributed by atoms with Crippen LogP contribution in [0.4, 0.5) is 4.79 Å². The van der Waals surface area contributed by atoms with Gasteiger partial charge < -0.3 is 20.7 Å². The number of carbonyl (C=O) groups excluding carboxylic acids is 2. The molecule has 8 heteroatoms. The van der Waals surface area contributed by atoms with Gasteiger partial charge in [0.2, 0.25) is 11.8 Å². The largest absolute Gasteiger partial charge is 0.474 e. The minimum atomic E-state index is -1.31. The Morgan fingerprint density at radius 1 is 0.927 bits per heavy atom. The van der Waals surface area contributed by atoms with Gasteiger partial charge in [-0.25, -0.2) is 9.78 Å². The quantitative estimate of drug-likeness (QED) is 0.473. The van der Waals surface area contributed by atoms with E-state index in [0.29, 0.717) is 23.6 Å². The Balaban J connectivity index is 0.961. The van der Waals surface area contributed by atoms with E-state index in [1.807, 2.05) is 12.3 Å². The molecular formula is C33H44N4O3Si. The fraction of sp³-hybridized carbons (Fsp3) is 0.606. The molecule has 8 rings (SSSR count). The molecule has 1 aromatic carbocycles. The van der Waals surface area contributed by atoms with Gasteiger partial charge in [-0.05, 0) is 74.3 Å². The zero-order valence-corrected chi connectivity index (χ0v) is 25.6. The molecule has 3 N–H and O–H groups in total. The summed E-state index contributed by atoms with van der Waals surface area (Å²) in [5.41, 5.74) is 7.82. The van der Waals surface area contributed by atoms with Crippen molar-refractivity contribution in [3.05, 3.63) is 42.6 Å². The number of benzene rings is 1. The van der Waals surface area contributed by atoms with Crippen molar-refractivity contribution < 1.29 is 14.3 Å². The number of nitrogens with one attached hydrogen (secondary N) is 1. The van der Waals surface area contributed by atoms with Crippen LogP contribution in [0, 0.1) is 23.2 Å². The number of rotatable bonds is 6. The van der Waals surface area contributed by atoms with Gasteiger partial charge in [-0.1, -0.05) is 49.1 Å². The van der Waals surface area contributed by atoms with Crippen molar-refractivity contribution in [2.24, 2.45) is 28.9 Å². The fourth-order valence-electron chi connectivity index (χ4n) is 9.29. The third kappa shape index (κ3) is 4.86. The third-order valence-electron chi connectivity index (χ3n) is 11.1. The van der Waals surface area contributed by atoms with Crippen LogP contribution in [0.25, 0.3) is 11.1 Å². The maximum atomic E-state index is 13.6. The Labute approximate surface area is 244 Å². The van der Waals surface area contributed by atoms with E-state index in [1.165, 1.54) is 10.8 Å². The van der Waals surface area contributed by atoms with E-state index in [-0.39, 0.29) is 41.6 Å². The van der Waals surface area contributed by atoms with Crippen molar-refractivity contribution in [2.45, 2.75) is 102 Å². The molecule has 41 heavy (non-hydrogen) atoms. The van der Waals surface area contributed by atoms with Crippen molar-refractivity contribution in [1.82, 2.24) is 15.2 Å². The molecule has 3 amide bonds. The molecule has 4 saturated carbocycles. The summed E-state index contributed by atoms with van der Waals surface area (Å²) in [6.45, 7) is 7.09. The minimum Gasteiger partial charge on any atom is -0.474 e. The lowest BCUT2D eigenvalue weighted by molar-refractivity contribution is -0.145. The van der Waals surface area contributed by atoms with E-state index in [1.54, 1.807) is 0 Å². The van der Waals surface area contributed by atoms with E-state index in [9.17, 15) is 9.59 Å². The third-order valence-corrected chi connectivity index (χ3v) is 13.2. The molecule has 0 radical (unpaired) electrons. The molecule has 4 atom stereocenters. The molecule has 0 spiro atoms. The Bertz CT molecular complexity index is 1290. The first-order valence-electron chi connectivity index (χ1n) is 15.7. The number of urea groups is 1. The zero-order valence-electron chi connectivity index (χ0n) is 24.6. The van der Waals surface area contributed by atoms with Crippen molar-refractivity contribution >= 4 is 25.2 Å². The molecule has 2 saturated heterocycles. The number of nitrogens with zero attached hydrogens (tertiary/aromatic N) is 2. The number of fused-ring (bicyclic) bond motifs is 2. The average Bonchev–Trinajstić information content (AvgIpc) is 3.20. The number of primary amides is 1. The first-order chi connectivity index (χ1) is 19.6. The SMILES string of the molecule is C[Si](C)(C)c1ccc(-c2ccc(OC3CC4CCC(C3)N4C(=O)NC3C4CC5CC3CC(C(N)=O)(C5)C4)nc2)cc1. The van der Waals surface area contributed by atoms with Gasteiger partial charge >= 0.3 is 6.03 Å². The van der Waals surface area contributed by atoms with Crippen LogP contribution in [0.15, 0.2) is 42.6 Å². The number of ether oxygens (including phenoxy) is 1. The summed E-state index contributed by atoms with van der Waals surface area (Å²) in [4.78, 5) is 32.7. The van der Waals surface area contributed by atoms with Gasteiger partial charge in [0.25, 0.3) is 0 Å². The van der Waals surface area contributed by atoms with Crippen LogP contribution >= 0.6 is 0 Å². The smallest absolute Gasteiger partial charge is 0.318 e. The van der Waals surface area contributed by atoms with Gasteiger partial charge in [-0.2, -0.15) is 0 Å². The second-order valence-electron chi connectivity index (χ2n) is 14.8. The molecule has 6 aliphatic rings. The lowest BCUT2D eigenvalue weighted by atomic mass is 9.47. The lowest BCUT2D eigenvalue weighted by Gasteiger charge is -2.59. The highest BCUT2D eigenvalue weighted by atomic mass is 28.3. The molecule has 4 aliphatic carbocycles. The van der Waals surface area contributed by atoms with E-state index in [2.05, 4.69) is 65.2 Å². The number of piperidine rings is 1. The predicted molar refractivity (Wildman–Crippen MR) is 162 cm³/mol. The number of nitrogens with two attached hydrogens (primary N) is 1. The summed E-state index contributed by atoms with van der Waals surface area (Å²) in [7, 11) is -1.31. The van der Waals surface area contributed by atoms with Crippen LogP contribution in [0.2, 0.25) is 19.6 Å². The van der Waals surface area contributed by atoms with E-state index >= 15 is 0 Å². The van der Waals surface area contributed by atoms with Crippen LogP contribution in [-0.4, -0.2) is 54.1 Å². The second-order valence-corrected chi connectivity index (χ2v) is 19.9. The number of amides is 3. The molecule has 218 valence electrons. The van der Waals surface area contributed by atoms with Gasteiger partial charge in [-0.15, -0.1) is 0 Å². The van der Waals surface area contributed by atoms with Crippen LogP contribution < -0.4 is 21.0 Å². The summed E-state index contributed by atoms with van der Waals surface area (Å²) < 4.78 is 6.37. The Kier molecular flexibility index (Phi) is 6.49. The van der Waals surface area contributed by atoms with Gasteiger partial charge in [0.15, 0.2) is 0 Å². The van der Waals surface area contributed by atoms with Gasteiger partial charge in [0.05, 0.1) is 8.07 Å². The van der Waals surface area contributed by atoms with Gasteiger partial charge in [-0.3, -0.25) is 4.79 Å². The molecule has 2 aliphatic heterocycles. The van der Waals surface area contributed by atoms with Crippen LogP contribution in [0.3, 0.4) is 0 Å². The maximum Gasteiger partial charge on any atom is 0.318 e. The molecule has 4 unspecified atom stereocenters. The summed E-state index contributed by atoms with van der Waals surface area (Å²) in [5, 5.41) is 4.93. The molecule has 6 fully saturated rings. The van der Waals surface area contributed by atoms with Gasteiger partial charge in [0, 0.05) is 54.2 Å². The highest BCUT2D eigenvalue weighted by Crippen LogP contribution is 2.60. The number of hydrogen-bond donors (Lipinski definition) is 2. The number of hydrogen-bond acceptors (Lipinski definition) is 4. The summed E-state index contributed by atoms with van der Waals surface area (Å²) >= 11 is 0. The van der Waals surface area contributed by atoms with Crippen molar-refractivity contribution in [2.75, 3.05) is 0 Å². The van der Waals surface area contributed by atoms with Crippen LogP contribution in [0.5, 0.6) is 5.88 Å². The number of pyridine rings is 1. The molecule has 7 nitrogen and oxygen atoms in total. The molecule has 2 aromatic rings. The van der Waals surface area contributed by atoms with Crippen molar-refractivity contribution in [3.8, 4) is 17.0 Å². The monoisotopic (exact) mass is 572 g/mol. The van der Waals surface area contributed by atoms with E-state index in [4.69, 9.17) is 10.5 Å². The van der Waals surface area contributed by atoms with E-state index < -0.39 is 8.07 Å². The maximum absolute atomic E-state index is 13.6. The fourth-order valence-corrected chi connectivity index (χ4v) is 10.5. The van der Waals surface area contributed by atoms with E-state index in [0.717, 1.165) is 63.4 Å². The molecule has 1 aromatic heterocycles. The Morgan fingerprint density at radius 2 is 1.56 bits per heavy atom. The number of carbonyl (C=O) groups is 2. The molecule has 3 heterocycles. The minimum absolute atomic E-state index is 0.0718. The standard InChI is InChI=1S/C33H44N4O3Si/c1-41(2,3)28-9-4-21(5-10-28)22-6-11-29(35-19-22)40-27-14-25-7-8-26(15-27)37(25)32(39)36-30-23-12-20-13-24(30)18-33(16-20,17-23)31(34)38/h4-6,9-11,19-20,23-27,30H,7-8,12-18H2,1-3H3,(H2,34,38)(H,36,39). The van der Waals surface area contributed by atoms with Gasteiger partial charge in [0.1, 0.15) is 6.10 Å². The van der Waals surface area contributed by atoms with Crippen molar-refractivity contribution in [3.63, 3.8) is 0 Å². The Morgan fingerprint density at radius 3 is 2.12 bits per heavy atom. The number of aromatic nitrogens is 1. The van der Waals surface area contributed by atoms with Crippen LogP contribution in [-0.2, 0) is 4.79 Å². The topological polar surface area (TPSA) is 97.5 Å². The Hall–Kier alpha value is -2.87. The summed E-state index contributed by atoms with van der Waals surface area (Å²) in [6, 6.07) is 13.7. The zero-order chi connectivity index (χ0) is 28.5. The molecular weight excluding hydrogens is 528 g/mol. The summed E-state index contributed by atoms with van der Waals surface area (Å²) in [5.74, 6) is 1.89. The lowest BCUT2D eigenvalue weighted by Crippen LogP contribution is -2.64.